The summed E-state index contributed by atoms with van der Waals surface area (Å²) in [6, 6.07) is 1.04. The molecule has 0 aliphatic heterocycles. The number of aromatic nitrogens is 1. The Hall–Kier alpha value is -0.620. The Balaban J connectivity index is 0.00000288. The molecule has 1 unspecified atom stereocenters. The molecule has 0 amide bonds. The van der Waals surface area contributed by atoms with E-state index in [0.29, 0.717) is 23.1 Å². The number of rotatable bonds is 6. The summed E-state index contributed by atoms with van der Waals surface area (Å²) < 4.78 is 37.5. The van der Waals surface area contributed by atoms with Gasteiger partial charge in [0.1, 0.15) is 5.01 Å². The Labute approximate surface area is 161 Å². The Morgan fingerprint density at radius 1 is 1.46 bits per heavy atom. The number of hydrogen-bond donors (Lipinski definition) is 2. The molecule has 0 radical (unpaired) electrons. The van der Waals surface area contributed by atoms with Crippen LogP contribution in [0.4, 0.5) is 13.2 Å². The van der Waals surface area contributed by atoms with E-state index in [9.17, 15) is 13.2 Å². The van der Waals surface area contributed by atoms with Crippen molar-refractivity contribution in [3.8, 4) is 0 Å². The highest BCUT2D eigenvalue weighted by Crippen LogP contribution is 2.30. The van der Waals surface area contributed by atoms with Crippen LogP contribution in [0.2, 0.25) is 0 Å². The summed E-state index contributed by atoms with van der Waals surface area (Å²) in [4.78, 5) is 9.99. The molecule has 2 N–H and O–H groups in total. The van der Waals surface area contributed by atoms with Crippen LogP contribution in [0, 0.1) is 0 Å². The van der Waals surface area contributed by atoms with Gasteiger partial charge in [-0.15, -0.1) is 35.3 Å². The van der Waals surface area contributed by atoms with Crippen molar-refractivity contribution in [2.24, 2.45) is 4.99 Å². The number of alkyl halides is 3. The van der Waals surface area contributed by atoms with Crippen molar-refractivity contribution in [2.75, 3.05) is 20.6 Å². The fourth-order valence-corrected chi connectivity index (χ4v) is 2.87. The number of nitrogens with zero attached hydrogens (tertiary/aromatic N) is 3. The van der Waals surface area contributed by atoms with Gasteiger partial charge in [-0.2, -0.15) is 13.2 Å². The minimum atomic E-state index is -4.39. The molecule has 2 rings (SSSR count). The Kier molecular flexibility index (Phi) is 8.20. The van der Waals surface area contributed by atoms with Crippen molar-refractivity contribution in [2.45, 2.75) is 44.6 Å². The number of aliphatic imine (C=N–C) groups is 1. The second-order valence-electron chi connectivity index (χ2n) is 5.68. The summed E-state index contributed by atoms with van der Waals surface area (Å²) in [6.45, 7) is 3.07. The topological polar surface area (TPSA) is 52.6 Å². The van der Waals surface area contributed by atoms with E-state index in [2.05, 4.69) is 39.5 Å². The zero-order valence-electron chi connectivity index (χ0n) is 13.9. The second kappa shape index (κ2) is 9.18. The van der Waals surface area contributed by atoms with Crippen LogP contribution in [0.5, 0.6) is 0 Å². The van der Waals surface area contributed by atoms with Crippen molar-refractivity contribution in [3.05, 3.63) is 16.1 Å². The number of hydrogen-bond acceptors (Lipinski definition) is 4. The van der Waals surface area contributed by atoms with E-state index in [-0.39, 0.29) is 30.5 Å². The molecule has 10 heteroatoms. The molecular weight excluding hydrogens is 454 g/mol. The van der Waals surface area contributed by atoms with Crippen molar-refractivity contribution in [3.63, 3.8) is 0 Å². The van der Waals surface area contributed by atoms with Gasteiger partial charge >= 0.3 is 6.18 Å². The van der Waals surface area contributed by atoms with Gasteiger partial charge in [-0.05, 0) is 26.8 Å². The lowest BCUT2D eigenvalue weighted by Crippen LogP contribution is -2.45. The molecule has 0 aromatic carbocycles. The fourth-order valence-electron chi connectivity index (χ4n) is 2.13. The van der Waals surface area contributed by atoms with Gasteiger partial charge in [0.15, 0.2) is 11.7 Å². The summed E-state index contributed by atoms with van der Waals surface area (Å²) in [5.41, 5.74) is -0.845. The van der Waals surface area contributed by atoms with Crippen LogP contribution in [-0.2, 0) is 12.7 Å². The van der Waals surface area contributed by atoms with Gasteiger partial charge in [0, 0.05) is 31.1 Å². The number of nitrogens with one attached hydrogen (secondary N) is 2. The van der Waals surface area contributed by atoms with Gasteiger partial charge in [0.2, 0.25) is 0 Å². The lowest BCUT2D eigenvalue weighted by atomic mass is 10.3. The zero-order valence-corrected chi connectivity index (χ0v) is 17.0. The van der Waals surface area contributed by atoms with Crippen LogP contribution in [0.1, 0.15) is 30.5 Å². The van der Waals surface area contributed by atoms with E-state index in [1.54, 1.807) is 7.05 Å². The summed E-state index contributed by atoms with van der Waals surface area (Å²) in [5.74, 6) is 0.560. The maximum absolute atomic E-state index is 12.5. The van der Waals surface area contributed by atoms with Gasteiger partial charge in [-0.1, -0.05) is 0 Å². The molecule has 1 aliphatic rings. The Morgan fingerprint density at radius 2 is 2.12 bits per heavy atom. The number of halogens is 4. The lowest BCUT2D eigenvalue weighted by molar-refractivity contribution is -0.140. The van der Waals surface area contributed by atoms with E-state index in [4.69, 9.17) is 0 Å². The SMILES string of the molecule is CN=C(NCc1nc(C(F)(F)F)cs1)NCC(C)N(C)C1CC1.I. The predicted molar refractivity (Wildman–Crippen MR) is 101 cm³/mol. The molecule has 1 saturated carbocycles. The highest BCUT2D eigenvalue weighted by atomic mass is 127. The summed E-state index contributed by atoms with van der Waals surface area (Å²) >= 11 is 0.986. The number of thiazole rings is 1. The molecule has 24 heavy (non-hydrogen) atoms. The van der Waals surface area contributed by atoms with Gasteiger partial charge in [0.05, 0.1) is 6.54 Å². The Bertz CT molecular complexity index is 545. The fraction of sp³-hybridized carbons (Fsp3) is 0.714. The first kappa shape index (κ1) is 21.4. The third-order valence-corrected chi connectivity index (χ3v) is 4.70. The number of likely N-dealkylation sites (N-methyl/N-ethyl adjacent to an activating group) is 1. The maximum atomic E-state index is 12.5. The van der Waals surface area contributed by atoms with Crippen LogP contribution in [0.25, 0.3) is 0 Å². The monoisotopic (exact) mass is 477 g/mol. The van der Waals surface area contributed by atoms with Crippen LogP contribution < -0.4 is 10.6 Å². The highest BCUT2D eigenvalue weighted by molar-refractivity contribution is 14.0. The number of guanidine groups is 1. The average molecular weight is 477 g/mol. The smallest absolute Gasteiger partial charge is 0.355 e. The van der Waals surface area contributed by atoms with E-state index < -0.39 is 11.9 Å². The molecule has 5 nitrogen and oxygen atoms in total. The molecule has 1 aromatic rings. The highest BCUT2D eigenvalue weighted by Gasteiger charge is 2.33. The lowest BCUT2D eigenvalue weighted by Gasteiger charge is -2.25. The molecule has 1 atom stereocenters. The standard InChI is InChI=1S/C14H22F3N5S.HI/c1-9(22(3)10-4-5-10)6-19-13(18-2)20-7-12-21-11(8-23-12)14(15,16)17;/h8-10H,4-7H2,1-3H3,(H2,18,19,20);1H. The van der Waals surface area contributed by atoms with Crippen molar-refractivity contribution < 1.29 is 13.2 Å². The Morgan fingerprint density at radius 3 is 2.62 bits per heavy atom. The second-order valence-corrected chi connectivity index (χ2v) is 6.62. The first-order valence-electron chi connectivity index (χ1n) is 7.49. The third-order valence-electron chi connectivity index (χ3n) is 3.86. The largest absolute Gasteiger partial charge is 0.434 e. The summed E-state index contributed by atoms with van der Waals surface area (Å²) in [6.07, 6.45) is -1.89. The normalized spacial score (nSPS) is 16.7. The van der Waals surface area contributed by atoms with E-state index in [1.807, 2.05) is 0 Å². The van der Waals surface area contributed by atoms with Gasteiger partial charge in [0.25, 0.3) is 0 Å². The van der Waals surface area contributed by atoms with Crippen LogP contribution in [-0.4, -0.2) is 48.6 Å². The van der Waals surface area contributed by atoms with E-state index in [0.717, 1.165) is 23.3 Å². The van der Waals surface area contributed by atoms with Crippen LogP contribution in [0.3, 0.4) is 0 Å². The van der Waals surface area contributed by atoms with Gasteiger partial charge in [-0.25, -0.2) is 4.98 Å². The maximum Gasteiger partial charge on any atom is 0.434 e. The molecule has 1 aliphatic carbocycles. The van der Waals surface area contributed by atoms with E-state index in [1.165, 1.54) is 12.8 Å². The summed E-state index contributed by atoms with van der Waals surface area (Å²) in [5, 5.41) is 7.59. The minimum Gasteiger partial charge on any atom is -0.355 e. The van der Waals surface area contributed by atoms with Gasteiger partial charge < -0.3 is 10.6 Å². The van der Waals surface area contributed by atoms with Crippen molar-refractivity contribution in [1.29, 1.82) is 0 Å². The molecule has 0 spiro atoms. The van der Waals surface area contributed by atoms with E-state index >= 15 is 0 Å². The summed E-state index contributed by atoms with van der Waals surface area (Å²) in [7, 11) is 3.74. The third kappa shape index (κ3) is 6.36. The molecule has 1 aromatic heterocycles. The molecule has 0 bridgehead atoms. The molecule has 1 heterocycles. The molecule has 138 valence electrons. The average Bonchev–Trinajstić information content (AvgIpc) is 3.23. The minimum absolute atomic E-state index is 0. The first-order chi connectivity index (χ1) is 10.8. The quantitative estimate of drug-likeness (QED) is 0.376. The van der Waals surface area contributed by atoms with Crippen molar-refractivity contribution in [1.82, 2.24) is 20.5 Å². The molecule has 1 fully saturated rings. The molecular formula is C14H23F3IN5S. The predicted octanol–water partition coefficient (Wildman–Crippen LogP) is 2.93. The molecule has 0 saturated heterocycles. The first-order valence-corrected chi connectivity index (χ1v) is 8.37. The zero-order chi connectivity index (χ0) is 17.0. The van der Waals surface area contributed by atoms with Crippen molar-refractivity contribution >= 4 is 41.3 Å². The van der Waals surface area contributed by atoms with Crippen LogP contribution >= 0.6 is 35.3 Å². The van der Waals surface area contributed by atoms with Crippen LogP contribution in [0.15, 0.2) is 10.4 Å². The van der Waals surface area contributed by atoms with Gasteiger partial charge in [-0.3, -0.25) is 9.89 Å².